The number of ether oxygens (including phenoxy) is 3. The Balaban J connectivity index is 1.68. The minimum absolute atomic E-state index is 0.429. The molecule has 3 aromatic carbocycles. The summed E-state index contributed by atoms with van der Waals surface area (Å²) in [6, 6.07) is 19.0. The summed E-state index contributed by atoms with van der Waals surface area (Å²) >= 11 is 6.33. The highest BCUT2D eigenvalue weighted by Gasteiger charge is 2.13. The summed E-state index contributed by atoms with van der Waals surface area (Å²) in [6.07, 6.45) is 1.49. The number of aromatic nitrogens is 2. The van der Waals surface area contributed by atoms with E-state index in [9.17, 15) is 0 Å². The minimum atomic E-state index is 0.429. The van der Waals surface area contributed by atoms with E-state index < -0.39 is 0 Å². The van der Waals surface area contributed by atoms with Crippen LogP contribution >= 0.6 is 11.6 Å². The van der Waals surface area contributed by atoms with Gasteiger partial charge in [-0.2, -0.15) is 0 Å². The van der Waals surface area contributed by atoms with Crippen LogP contribution in [-0.2, 0) is 6.61 Å². The number of hydrogen-bond donors (Lipinski definition) is 1. The van der Waals surface area contributed by atoms with Gasteiger partial charge in [0.25, 0.3) is 0 Å². The van der Waals surface area contributed by atoms with Gasteiger partial charge in [-0.25, -0.2) is 9.97 Å². The maximum atomic E-state index is 6.33. The number of rotatable bonds is 7. The molecule has 0 saturated heterocycles. The Labute approximate surface area is 179 Å². The lowest BCUT2D eigenvalue weighted by atomic mass is 10.2. The average molecular weight is 422 g/mol. The molecule has 1 N–H and O–H groups in total. The van der Waals surface area contributed by atoms with Crippen molar-refractivity contribution in [3.8, 4) is 17.2 Å². The molecule has 152 valence electrons. The van der Waals surface area contributed by atoms with Crippen LogP contribution in [0.4, 0.5) is 11.5 Å². The predicted octanol–water partition coefficient (Wildman–Crippen LogP) is 5.62. The molecule has 0 aliphatic rings. The summed E-state index contributed by atoms with van der Waals surface area (Å²) in [4.78, 5) is 8.77. The number of nitrogens with one attached hydrogen (secondary N) is 1. The number of nitrogens with zero attached hydrogens (tertiary/aromatic N) is 2. The van der Waals surface area contributed by atoms with Gasteiger partial charge in [0.2, 0.25) is 0 Å². The van der Waals surface area contributed by atoms with Crippen molar-refractivity contribution in [1.82, 2.24) is 9.97 Å². The van der Waals surface area contributed by atoms with E-state index in [1.54, 1.807) is 26.4 Å². The first-order valence-corrected chi connectivity index (χ1v) is 9.66. The van der Waals surface area contributed by atoms with Gasteiger partial charge in [-0.1, -0.05) is 41.9 Å². The van der Waals surface area contributed by atoms with Crippen molar-refractivity contribution in [1.29, 1.82) is 0 Å². The second-order valence-electron chi connectivity index (χ2n) is 6.49. The Hall–Kier alpha value is -3.51. The number of methoxy groups -OCH3 is 2. The fourth-order valence-corrected chi connectivity index (χ4v) is 3.19. The summed E-state index contributed by atoms with van der Waals surface area (Å²) in [5, 5.41) is 4.59. The van der Waals surface area contributed by atoms with E-state index in [1.807, 2.05) is 48.5 Å². The molecule has 0 bridgehead atoms. The van der Waals surface area contributed by atoms with Gasteiger partial charge in [0, 0.05) is 17.5 Å². The maximum absolute atomic E-state index is 6.33. The van der Waals surface area contributed by atoms with Gasteiger partial charge >= 0.3 is 0 Å². The number of benzene rings is 3. The van der Waals surface area contributed by atoms with Crippen molar-refractivity contribution in [2.45, 2.75) is 6.61 Å². The van der Waals surface area contributed by atoms with Crippen molar-refractivity contribution in [3.63, 3.8) is 0 Å². The summed E-state index contributed by atoms with van der Waals surface area (Å²) in [7, 11) is 3.21. The zero-order valence-corrected chi connectivity index (χ0v) is 17.3. The highest BCUT2D eigenvalue weighted by atomic mass is 35.5. The smallest absolute Gasteiger partial charge is 0.163 e. The first-order chi connectivity index (χ1) is 14.7. The normalized spacial score (nSPS) is 10.6. The number of hydrogen-bond acceptors (Lipinski definition) is 6. The lowest BCUT2D eigenvalue weighted by Crippen LogP contribution is -2.00. The molecule has 0 spiro atoms. The quantitative estimate of drug-likeness (QED) is 0.417. The third-order valence-electron chi connectivity index (χ3n) is 4.58. The molecular formula is C23H20ClN3O3. The Bertz CT molecular complexity index is 1170. The third-order valence-corrected chi connectivity index (χ3v) is 4.91. The van der Waals surface area contributed by atoms with Crippen LogP contribution in [0.3, 0.4) is 0 Å². The summed E-state index contributed by atoms with van der Waals surface area (Å²) in [5.41, 5.74) is 2.46. The largest absolute Gasteiger partial charge is 0.497 e. The number of halogens is 1. The van der Waals surface area contributed by atoms with Crippen LogP contribution in [0.1, 0.15) is 5.56 Å². The maximum Gasteiger partial charge on any atom is 0.163 e. The summed E-state index contributed by atoms with van der Waals surface area (Å²) < 4.78 is 16.8. The predicted molar refractivity (Wildman–Crippen MR) is 118 cm³/mol. The third kappa shape index (κ3) is 4.23. The molecule has 1 heterocycles. The molecule has 6 nitrogen and oxygen atoms in total. The van der Waals surface area contributed by atoms with Crippen LogP contribution in [0.25, 0.3) is 10.9 Å². The topological polar surface area (TPSA) is 65.5 Å². The SMILES string of the molecule is COc1ccc(Cl)c(Nc2ncnc3cc(OCc4ccccc4)c(OC)cc23)c1. The van der Waals surface area contributed by atoms with Gasteiger partial charge in [0.15, 0.2) is 11.5 Å². The second-order valence-corrected chi connectivity index (χ2v) is 6.89. The molecule has 0 amide bonds. The fraction of sp³-hybridized carbons (Fsp3) is 0.130. The summed E-state index contributed by atoms with van der Waals surface area (Å²) in [5.74, 6) is 2.49. The van der Waals surface area contributed by atoms with Crippen molar-refractivity contribution in [3.05, 3.63) is 77.6 Å². The minimum Gasteiger partial charge on any atom is -0.497 e. The van der Waals surface area contributed by atoms with Crippen molar-refractivity contribution in [2.24, 2.45) is 0 Å². The Morgan fingerprint density at radius 2 is 1.73 bits per heavy atom. The standard InChI is InChI=1S/C23H20ClN3O3/c1-28-16-8-9-18(24)20(10-16)27-23-17-11-21(29-2)22(12-19(17)25-14-26-23)30-13-15-6-4-3-5-7-15/h3-12,14H,13H2,1-2H3,(H,25,26,27). The van der Waals surface area contributed by atoms with E-state index >= 15 is 0 Å². The molecular weight excluding hydrogens is 402 g/mol. The molecule has 1 aromatic heterocycles. The average Bonchev–Trinajstić information content (AvgIpc) is 2.79. The first kappa shape index (κ1) is 19.8. The van der Waals surface area contributed by atoms with Crippen LogP contribution in [0, 0.1) is 0 Å². The molecule has 0 radical (unpaired) electrons. The highest BCUT2D eigenvalue weighted by molar-refractivity contribution is 6.33. The molecule has 0 saturated carbocycles. The highest BCUT2D eigenvalue weighted by Crippen LogP contribution is 2.36. The Morgan fingerprint density at radius 1 is 0.900 bits per heavy atom. The van der Waals surface area contributed by atoms with E-state index in [0.29, 0.717) is 40.4 Å². The Morgan fingerprint density at radius 3 is 2.50 bits per heavy atom. The summed E-state index contributed by atoms with van der Waals surface area (Å²) in [6.45, 7) is 0.429. The molecule has 0 unspecified atom stereocenters. The first-order valence-electron chi connectivity index (χ1n) is 9.28. The van der Waals surface area contributed by atoms with Crippen molar-refractivity contribution in [2.75, 3.05) is 19.5 Å². The molecule has 4 rings (SSSR count). The molecule has 30 heavy (non-hydrogen) atoms. The number of fused-ring (bicyclic) bond motifs is 1. The van der Waals surface area contributed by atoms with E-state index in [4.69, 9.17) is 25.8 Å². The van der Waals surface area contributed by atoms with Gasteiger partial charge in [-0.3, -0.25) is 0 Å². The molecule has 4 aromatic rings. The molecule has 0 fully saturated rings. The molecule has 0 aliphatic heterocycles. The van der Waals surface area contributed by atoms with Gasteiger partial charge in [0.05, 0.1) is 30.4 Å². The van der Waals surface area contributed by atoms with E-state index in [1.165, 1.54) is 6.33 Å². The van der Waals surface area contributed by atoms with Crippen molar-refractivity contribution >= 4 is 34.0 Å². The zero-order valence-electron chi connectivity index (χ0n) is 16.6. The lowest BCUT2D eigenvalue weighted by Gasteiger charge is -2.14. The lowest BCUT2D eigenvalue weighted by molar-refractivity contribution is 0.285. The van der Waals surface area contributed by atoms with Crippen LogP contribution in [-0.4, -0.2) is 24.2 Å². The van der Waals surface area contributed by atoms with Gasteiger partial charge < -0.3 is 19.5 Å². The molecule has 0 atom stereocenters. The fourth-order valence-electron chi connectivity index (χ4n) is 3.03. The van der Waals surface area contributed by atoms with Gasteiger partial charge in [-0.05, 0) is 23.8 Å². The van der Waals surface area contributed by atoms with Crippen molar-refractivity contribution < 1.29 is 14.2 Å². The monoisotopic (exact) mass is 421 g/mol. The van der Waals surface area contributed by atoms with Gasteiger partial charge in [0.1, 0.15) is 24.5 Å². The van der Waals surface area contributed by atoms with E-state index in [-0.39, 0.29) is 0 Å². The van der Waals surface area contributed by atoms with E-state index in [2.05, 4.69) is 15.3 Å². The zero-order chi connectivity index (χ0) is 20.9. The second kappa shape index (κ2) is 8.88. The van der Waals surface area contributed by atoms with Crippen LogP contribution in [0.15, 0.2) is 67.0 Å². The van der Waals surface area contributed by atoms with E-state index in [0.717, 1.165) is 16.5 Å². The Kier molecular flexibility index (Phi) is 5.86. The number of anilines is 2. The molecule has 7 heteroatoms. The van der Waals surface area contributed by atoms with Crippen LogP contribution in [0.5, 0.6) is 17.2 Å². The van der Waals surface area contributed by atoms with Crippen LogP contribution < -0.4 is 19.5 Å². The van der Waals surface area contributed by atoms with Gasteiger partial charge in [-0.15, -0.1) is 0 Å². The molecule has 0 aliphatic carbocycles. The van der Waals surface area contributed by atoms with Crippen LogP contribution in [0.2, 0.25) is 5.02 Å².